The average Bonchev–Trinajstić information content (AvgIpc) is 2.87. The summed E-state index contributed by atoms with van der Waals surface area (Å²) in [6.07, 6.45) is 3.68. The molecular formula is C16H17N5. The zero-order valence-corrected chi connectivity index (χ0v) is 12.3. The molecule has 0 aliphatic rings. The molecule has 0 amide bonds. The number of benzene rings is 1. The zero-order valence-electron chi connectivity index (χ0n) is 12.3. The molecule has 0 saturated carbocycles. The van der Waals surface area contributed by atoms with Crippen molar-refractivity contribution >= 4 is 5.82 Å². The predicted octanol–water partition coefficient (Wildman–Crippen LogP) is 2.74. The van der Waals surface area contributed by atoms with Crippen LogP contribution in [0, 0.1) is 13.8 Å². The van der Waals surface area contributed by atoms with Crippen molar-refractivity contribution in [3.05, 3.63) is 47.8 Å². The molecule has 21 heavy (non-hydrogen) atoms. The van der Waals surface area contributed by atoms with E-state index in [1.807, 2.05) is 20.2 Å². The average molecular weight is 279 g/mol. The number of nitrogen functional groups attached to an aromatic ring is 1. The highest BCUT2D eigenvalue weighted by Crippen LogP contribution is 2.25. The molecule has 3 aromatic rings. The third-order valence-electron chi connectivity index (χ3n) is 3.38. The summed E-state index contributed by atoms with van der Waals surface area (Å²) >= 11 is 0. The molecule has 0 aliphatic carbocycles. The first-order chi connectivity index (χ1) is 10.0. The summed E-state index contributed by atoms with van der Waals surface area (Å²) in [6, 6.07) is 8.00. The van der Waals surface area contributed by atoms with E-state index in [9.17, 15) is 0 Å². The third-order valence-corrected chi connectivity index (χ3v) is 3.38. The molecule has 0 saturated heterocycles. The van der Waals surface area contributed by atoms with Crippen molar-refractivity contribution in [2.45, 2.75) is 13.8 Å². The highest BCUT2D eigenvalue weighted by Gasteiger charge is 2.10. The summed E-state index contributed by atoms with van der Waals surface area (Å²) in [7, 11) is 1.87. The van der Waals surface area contributed by atoms with Gasteiger partial charge in [-0.2, -0.15) is 5.10 Å². The minimum absolute atomic E-state index is 0.458. The maximum absolute atomic E-state index is 5.95. The molecule has 5 heteroatoms. The summed E-state index contributed by atoms with van der Waals surface area (Å²) < 4.78 is 1.74. The fraction of sp³-hybridized carbons (Fsp3) is 0.188. The van der Waals surface area contributed by atoms with E-state index in [4.69, 9.17) is 5.73 Å². The van der Waals surface area contributed by atoms with Crippen LogP contribution in [0.15, 0.2) is 36.7 Å². The molecule has 3 rings (SSSR count). The molecular weight excluding hydrogens is 262 g/mol. The van der Waals surface area contributed by atoms with Crippen LogP contribution in [0.1, 0.15) is 11.1 Å². The minimum Gasteiger partial charge on any atom is -0.384 e. The summed E-state index contributed by atoms with van der Waals surface area (Å²) in [6.45, 7) is 4.10. The number of nitrogens with two attached hydrogens (primary N) is 1. The number of anilines is 1. The van der Waals surface area contributed by atoms with Gasteiger partial charge in [-0.25, -0.2) is 9.97 Å². The molecule has 0 radical (unpaired) electrons. The second-order valence-electron chi connectivity index (χ2n) is 5.22. The van der Waals surface area contributed by atoms with Gasteiger partial charge in [-0.3, -0.25) is 4.68 Å². The third kappa shape index (κ3) is 2.63. The molecule has 0 spiro atoms. The largest absolute Gasteiger partial charge is 0.384 e. The Bertz CT molecular complexity index is 804. The monoisotopic (exact) mass is 279 g/mol. The van der Waals surface area contributed by atoms with Crippen LogP contribution < -0.4 is 5.73 Å². The van der Waals surface area contributed by atoms with Crippen molar-refractivity contribution in [1.82, 2.24) is 19.7 Å². The Labute approximate surface area is 123 Å². The lowest BCUT2D eigenvalue weighted by atomic mass is 10.0. The maximum atomic E-state index is 5.95. The fourth-order valence-electron chi connectivity index (χ4n) is 2.26. The van der Waals surface area contributed by atoms with E-state index >= 15 is 0 Å². The smallest absolute Gasteiger partial charge is 0.162 e. The fourth-order valence-corrected chi connectivity index (χ4v) is 2.26. The molecule has 0 unspecified atom stereocenters. The number of nitrogens with zero attached hydrogens (tertiary/aromatic N) is 4. The number of hydrogen-bond acceptors (Lipinski definition) is 4. The van der Waals surface area contributed by atoms with Gasteiger partial charge in [-0.15, -0.1) is 0 Å². The predicted molar refractivity (Wildman–Crippen MR) is 83.6 cm³/mol. The minimum atomic E-state index is 0.458. The molecule has 0 aliphatic heterocycles. The van der Waals surface area contributed by atoms with E-state index in [-0.39, 0.29) is 0 Å². The molecule has 5 nitrogen and oxygen atoms in total. The number of rotatable bonds is 2. The summed E-state index contributed by atoms with van der Waals surface area (Å²) in [5.74, 6) is 1.11. The summed E-state index contributed by atoms with van der Waals surface area (Å²) in [5, 5.41) is 4.17. The Hall–Kier alpha value is -2.69. The van der Waals surface area contributed by atoms with Gasteiger partial charge in [0.1, 0.15) is 5.82 Å². The first-order valence-electron chi connectivity index (χ1n) is 6.74. The van der Waals surface area contributed by atoms with Gasteiger partial charge in [0.25, 0.3) is 0 Å². The SMILES string of the molecule is Cc1ccc(C)c(-c2nc(N)cc(-c3cnn(C)c3)n2)c1. The normalized spacial score (nSPS) is 10.8. The number of aryl methyl sites for hydroxylation is 3. The van der Waals surface area contributed by atoms with Crippen molar-refractivity contribution in [3.63, 3.8) is 0 Å². The lowest BCUT2D eigenvalue weighted by Gasteiger charge is -2.08. The first kappa shape index (κ1) is 13.3. The van der Waals surface area contributed by atoms with Crippen LogP contribution in [-0.2, 0) is 7.05 Å². The van der Waals surface area contributed by atoms with Crippen molar-refractivity contribution in [2.24, 2.45) is 7.05 Å². The second kappa shape index (κ2) is 5.01. The van der Waals surface area contributed by atoms with E-state index in [0.29, 0.717) is 11.6 Å². The Morgan fingerprint density at radius 1 is 1.10 bits per heavy atom. The summed E-state index contributed by atoms with van der Waals surface area (Å²) in [4.78, 5) is 9.02. The molecule has 1 aromatic carbocycles. The Balaban J connectivity index is 2.16. The zero-order chi connectivity index (χ0) is 15.0. The molecule has 0 fully saturated rings. The van der Waals surface area contributed by atoms with Crippen LogP contribution >= 0.6 is 0 Å². The molecule has 2 heterocycles. The number of aromatic nitrogens is 4. The topological polar surface area (TPSA) is 69.6 Å². The van der Waals surface area contributed by atoms with Crippen LogP contribution in [0.5, 0.6) is 0 Å². The van der Waals surface area contributed by atoms with E-state index in [0.717, 1.165) is 22.4 Å². The van der Waals surface area contributed by atoms with Crippen LogP contribution in [0.4, 0.5) is 5.82 Å². The second-order valence-corrected chi connectivity index (χ2v) is 5.22. The van der Waals surface area contributed by atoms with E-state index < -0.39 is 0 Å². The van der Waals surface area contributed by atoms with Crippen LogP contribution in [0.25, 0.3) is 22.6 Å². The van der Waals surface area contributed by atoms with Gasteiger partial charge in [0.2, 0.25) is 0 Å². The van der Waals surface area contributed by atoms with E-state index in [2.05, 4.69) is 40.2 Å². The molecule has 0 atom stereocenters. The van der Waals surface area contributed by atoms with Crippen molar-refractivity contribution in [3.8, 4) is 22.6 Å². The van der Waals surface area contributed by atoms with Crippen LogP contribution in [0.2, 0.25) is 0 Å². The molecule has 0 bridgehead atoms. The van der Waals surface area contributed by atoms with Gasteiger partial charge in [0, 0.05) is 30.4 Å². The highest BCUT2D eigenvalue weighted by molar-refractivity contribution is 5.68. The maximum Gasteiger partial charge on any atom is 0.162 e. The first-order valence-corrected chi connectivity index (χ1v) is 6.74. The van der Waals surface area contributed by atoms with Crippen LogP contribution in [0.3, 0.4) is 0 Å². The lowest BCUT2D eigenvalue weighted by molar-refractivity contribution is 0.768. The Morgan fingerprint density at radius 2 is 1.90 bits per heavy atom. The van der Waals surface area contributed by atoms with Crippen molar-refractivity contribution in [2.75, 3.05) is 5.73 Å². The van der Waals surface area contributed by atoms with Gasteiger partial charge in [0.05, 0.1) is 11.9 Å². The molecule has 2 aromatic heterocycles. The Kier molecular flexibility index (Phi) is 3.17. The van der Waals surface area contributed by atoms with Gasteiger partial charge in [0.15, 0.2) is 5.82 Å². The van der Waals surface area contributed by atoms with Gasteiger partial charge in [-0.1, -0.05) is 17.7 Å². The standard InChI is InChI=1S/C16H17N5/c1-10-4-5-11(2)13(6-10)16-19-14(7-15(17)20-16)12-8-18-21(3)9-12/h4-9H,1-3H3,(H2,17,19,20). The molecule has 106 valence electrons. The van der Waals surface area contributed by atoms with Gasteiger partial charge in [-0.05, 0) is 25.5 Å². The highest BCUT2D eigenvalue weighted by atomic mass is 15.2. The van der Waals surface area contributed by atoms with E-state index in [1.54, 1.807) is 16.9 Å². The lowest BCUT2D eigenvalue weighted by Crippen LogP contribution is -1.99. The van der Waals surface area contributed by atoms with Crippen LogP contribution in [-0.4, -0.2) is 19.7 Å². The van der Waals surface area contributed by atoms with E-state index in [1.165, 1.54) is 5.56 Å². The van der Waals surface area contributed by atoms with Crippen molar-refractivity contribution in [1.29, 1.82) is 0 Å². The molecule has 2 N–H and O–H groups in total. The van der Waals surface area contributed by atoms with Gasteiger partial charge < -0.3 is 5.73 Å². The Morgan fingerprint density at radius 3 is 2.62 bits per heavy atom. The number of hydrogen-bond donors (Lipinski definition) is 1. The van der Waals surface area contributed by atoms with Gasteiger partial charge >= 0.3 is 0 Å². The summed E-state index contributed by atoms with van der Waals surface area (Å²) in [5.41, 5.74) is 11.0. The van der Waals surface area contributed by atoms with Crippen molar-refractivity contribution < 1.29 is 0 Å². The quantitative estimate of drug-likeness (QED) is 0.783.